The first-order chi connectivity index (χ1) is 24.6. The van der Waals surface area contributed by atoms with Crippen molar-refractivity contribution >= 4 is 68.6 Å². The zero-order valence-electron chi connectivity index (χ0n) is 26.5. The van der Waals surface area contributed by atoms with Crippen LogP contribution >= 0.6 is 39.1 Å². The second-order valence-corrected chi connectivity index (χ2v) is 14.3. The largest absolute Gasteiger partial charge is 0.423 e. The van der Waals surface area contributed by atoms with Gasteiger partial charge in [-0.05, 0) is 89.0 Å². The van der Waals surface area contributed by atoms with Crippen molar-refractivity contribution in [2.24, 2.45) is 11.8 Å². The van der Waals surface area contributed by atoms with Crippen molar-refractivity contribution in [2.75, 3.05) is 6.54 Å². The third kappa shape index (κ3) is 5.56. The second kappa shape index (κ2) is 12.9. The first-order valence-electron chi connectivity index (χ1n) is 16.1. The van der Waals surface area contributed by atoms with Gasteiger partial charge in [0, 0.05) is 26.9 Å². The lowest BCUT2D eigenvalue weighted by Gasteiger charge is -2.45. The van der Waals surface area contributed by atoms with Gasteiger partial charge in [0.1, 0.15) is 12.3 Å². The molecule has 1 saturated heterocycles. The molecule has 0 aromatic heterocycles. The quantitative estimate of drug-likeness (QED) is 0.0717. The van der Waals surface area contributed by atoms with E-state index in [0.717, 1.165) is 36.7 Å². The highest BCUT2D eigenvalue weighted by Crippen LogP contribution is 2.61. The monoisotopic (exact) mass is 778 g/mol. The molecule has 2 bridgehead atoms. The van der Waals surface area contributed by atoms with Crippen molar-refractivity contribution in [2.45, 2.75) is 11.8 Å². The predicted octanol–water partition coefficient (Wildman–Crippen LogP) is 8.11. The van der Waals surface area contributed by atoms with Crippen LogP contribution in [-0.2, 0) is 9.59 Å². The molecule has 4 aliphatic rings. The summed E-state index contributed by atoms with van der Waals surface area (Å²) >= 11 is 15.9. The van der Waals surface area contributed by atoms with E-state index in [4.69, 9.17) is 27.9 Å². The molecule has 9 rings (SSSR count). The molecule has 8 nitrogen and oxygen atoms in total. The summed E-state index contributed by atoms with van der Waals surface area (Å²) in [7, 11) is 0. The van der Waals surface area contributed by atoms with Gasteiger partial charge in [-0.25, -0.2) is 9.80 Å². The summed E-state index contributed by atoms with van der Waals surface area (Å²) in [5.41, 5.74) is 4.36. The highest BCUT2D eigenvalue weighted by Gasteiger charge is 2.63. The molecule has 252 valence electrons. The lowest BCUT2D eigenvalue weighted by Crippen LogP contribution is -2.52. The molecule has 0 spiro atoms. The molecule has 1 heterocycles. The Kier molecular flexibility index (Phi) is 8.37. The van der Waals surface area contributed by atoms with Crippen molar-refractivity contribution < 1.29 is 28.7 Å². The van der Waals surface area contributed by atoms with Gasteiger partial charge in [0.25, 0.3) is 17.7 Å². The van der Waals surface area contributed by atoms with Gasteiger partial charge in [-0.3, -0.25) is 19.2 Å². The molecule has 0 saturated carbocycles. The number of halogens is 3. The molecule has 5 aromatic carbocycles. The first kappa shape index (κ1) is 33.1. The summed E-state index contributed by atoms with van der Waals surface area (Å²) in [5.74, 6) is -5.27. The lowest BCUT2D eigenvalue weighted by molar-refractivity contribution is -0.154. The van der Waals surface area contributed by atoms with E-state index in [0.29, 0.717) is 5.56 Å². The summed E-state index contributed by atoms with van der Waals surface area (Å²) in [5, 5.41) is 2.04. The van der Waals surface area contributed by atoms with Gasteiger partial charge < -0.3 is 4.74 Å². The average molecular weight is 780 g/mol. The standard InChI is InChI=1S/C40H25BrCl2N2O6/c41-23-13-9-22(10-14-23)40(50)51-25-16-11-21(12-17-25)32(46)20-44(37(47)30-18-15-24(42)19-31(30)43)45-38(48)35-33-26-5-1-2-6-27(26)34(36(35)39(45)49)29-8-4-3-7-28(29)33/h1-19,33-36H,20H2/t33?,34?,35-,36-/m1/s1. The number of ether oxygens (including phenoxy) is 1. The Morgan fingerprint density at radius 1 is 0.686 bits per heavy atom. The number of hydrazine groups is 1. The first-order valence-corrected chi connectivity index (χ1v) is 17.6. The fourth-order valence-electron chi connectivity index (χ4n) is 7.62. The lowest BCUT2D eigenvalue weighted by atomic mass is 9.55. The van der Waals surface area contributed by atoms with Crippen molar-refractivity contribution in [3.63, 3.8) is 0 Å². The fraction of sp³-hybridized carbons (Fsp3) is 0.125. The minimum Gasteiger partial charge on any atom is -0.423 e. The topological polar surface area (TPSA) is 101 Å². The average Bonchev–Trinajstić information content (AvgIpc) is 3.40. The predicted molar refractivity (Wildman–Crippen MR) is 193 cm³/mol. The molecule has 0 radical (unpaired) electrons. The van der Waals surface area contributed by atoms with E-state index in [2.05, 4.69) is 15.9 Å². The maximum Gasteiger partial charge on any atom is 0.343 e. The molecule has 11 heteroatoms. The number of benzene rings is 5. The number of hydrogen-bond acceptors (Lipinski definition) is 6. The van der Waals surface area contributed by atoms with E-state index in [1.165, 1.54) is 42.5 Å². The van der Waals surface area contributed by atoms with Gasteiger partial charge in [0.2, 0.25) is 0 Å². The molecule has 3 aliphatic carbocycles. The van der Waals surface area contributed by atoms with Crippen molar-refractivity contribution in [3.8, 4) is 5.75 Å². The van der Waals surface area contributed by atoms with Crippen LogP contribution in [0.25, 0.3) is 0 Å². The van der Waals surface area contributed by atoms with Gasteiger partial charge in [0.05, 0.1) is 28.0 Å². The Labute approximate surface area is 310 Å². The van der Waals surface area contributed by atoms with Crippen molar-refractivity contribution in [1.29, 1.82) is 0 Å². The normalized spacial score (nSPS) is 19.6. The van der Waals surface area contributed by atoms with Gasteiger partial charge >= 0.3 is 5.97 Å². The Morgan fingerprint density at radius 2 is 1.20 bits per heavy atom. The number of esters is 1. The summed E-state index contributed by atoms with van der Waals surface area (Å²) in [6, 6.07) is 32.3. The number of nitrogens with zero attached hydrogens (tertiary/aromatic N) is 2. The maximum absolute atomic E-state index is 14.6. The fourth-order valence-corrected chi connectivity index (χ4v) is 8.38. The number of carbonyl (C=O) groups excluding carboxylic acids is 5. The van der Waals surface area contributed by atoms with Crippen LogP contribution in [0.5, 0.6) is 5.75 Å². The highest BCUT2D eigenvalue weighted by molar-refractivity contribution is 9.10. The van der Waals surface area contributed by atoms with Gasteiger partial charge in [-0.15, -0.1) is 0 Å². The van der Waals surface area contributed by atoms with Crippen LogP contribution in [0, 0.1) is 11.8 Å². The van der Waals surface area contributed by atoms with Crippen molar-refractivity contribution in [1.82, 2.24) is 10.0 Å². The zero-order valence-corrected chi connectivity index (χ0v) is 29.6. The summed E-state index contributed by atoms with van der Waals surface area (Å²) < 4.78 is 6.28. The Bertz CT molecular complexity index is 2180. The van der Waals surface area contributed by atoms with Crippen LogP contribution in [-0.4, -0.2) is 46.0 Å². The molecule has 2 atom stereocenters. The smallest absolute Gasteiger partial charge is 0.343 e. The van der Waals surface area contributed by atoms with Crippen LogP contribution in [0.4, 0.5) is 0 Å². The Morgan fingerprint density at radius 3 is 1.71 bits per heavy atom. The molecule has 0 N–H and O–H groups in total. The molecule has 3 amide bonds. The number of imide groups is 1. The van der Waals surface area contributed by atoms with Gasteiger partial charge in [0.15, 0.2) is 5.78 Å². The molecular weight excluding hydrogens is 755 g/mol. The van der Waals surface area contributed by atoms with Gasteiger partial charge in [-0.2, -0.15) is 5.01 Å². The third-order valence-electron chi connectivity index (χ3n) is 9.82. The summed E-state index contributed by atoms with van der Waals surface area (Å²) in [6.07, 6.45) is 0. The molecular formula is C40H25BrCl2N2O6. The second-order valence-electron chi connectivity index (χ2n) is 12.6. The molecule has 1 fully saturated rings. The van der Waals surface area contributed by atoms with E-state index in [-0.39, 0.29) is 26.9 Å². The van der Waals surface area contributed by atoms with Crippen molar-refractivity contribution in [3.05, 3.63) is 169 Å². The van der Waals surface area contributed by atoms with Gasteiger partial charge in [-0.1, -0.05) is 87.7 Å². The molecule has 51 heavy (non-hydrogen) atoms. The minimum atomic E-state index is -0.812. The van der Waals surface area contributed by atoms with Crippen LogP contribution < -0.4 is 4.74 Å². The van der Waals surface area contributed by atoms with E-state index in [1.807, 2.05) is 48.5 Å². The number of ketones is 1. The van der Waals surface area contributed by atoms with E-state index >= 15 is 0 Å². The van der Waals surface area contributed by atoms with E-state index in [9.17, 15) is 24.0 Å². The van der Waals surface area contributed by atoms with Crippen LogP contribution in [0.2, 0.25) is 10.0 Å². The molecule has 1 aliphatic heterocycles. The zero-order chi connectivity index (χ0) is 35.6. The third-order valence-corrected chi connectivity index (χ3v) is 10.9. The summed E-state index contributed by atoms with van der Waals surface area (Å²) in [6.45, 7) is -0.651. The number of Topliss-reactive ketones (excluding diaryl/α,β-unsaturated/α-hetero) is 1. The molecule has 5 aromatic rings. The van der Waals surface area contributed by atoms with Crippen LogP contribution in [0.1, 0.15) is 65.2 Å². The number of rotatable bonds is 7. The Balaban J connectivity index is 1.13. The number of carbonyl (C=O) groups is 5. The highest BCUT2D eigenvalue weighted by atomic mass is 79.9. The summed E-state index contributed by atoms with van der Waals surface area (Å²) in [4.78, 5) is 70.0. The van der Waals surface area contributed by atoms with Crippen LogP contribution in [0.15, 0.2) is 120 Å². The van der Waals surface area contributed by atoms with E-state index < -0.39 is 59.7 Å². The Hall–Kier alpha value is -5.09. The number of hydrogen-bond donors (Lipinski definition) is 0. The van der Waals surface area contributed by atoms with Crippen LogP contribution in [0.3, 0.4) is 0 Å². The SMILES string of the molecule is O=C(CN(C(=O)c1ccc(Cl)cc1Cl)N1C(=O)[C@@H]2C3c4ccccc4C(c4ccccc43)[C@H]2C1=O)c1ccc(OC(=O)c2ccc(Br)cc2)cc1. The maximum atomic E-state index is 14.6. The molecule has 0 unspecified atom stereocenters. The number of amides is 3. The minimum absolute atomic E-state index is 0.00159. The van der Waals surface area contributed by atoms with E-state index in [1.54, 1.807) is 24.3 Å².